The number of pyridine rings is 1. The molecule has 5 rings (SSSR count). The number of benzene rings is 1. The summed E-state index contributed by atoms with van der Waals surface area (Å²) >= 11 is 6.16. The Bertz CT molecular complexity index is 1370. The monoisotopic (exact) mass is 473 g/mol. The second-order valence-corrected chi connectivity index (χ2v) is 9.09. The minimum Gasteiger partial charge on any atom is -0.460 e. The Hall–Kier alpha value is -3.64. The third kappa shape index (κ3) is 4.17. The number of ketones is 1. The van der Waals surface area contributed by atoms with Crippen molar-refractivity contribution in [3.05, 3.63) is 93.6 Å². The minimum absolute atomic E-state index is 0.0333. The molecule has 1 amide bonds. The SMILES string of the molecule is CC1=C(C(=O)Nc2cc(C)ccn2)C(c2ccc(-c3cccc(Cl)c3)o2)C2=C(CCCC2=O)N1. The van der Waals surface area contributed by atoms with Crippen LogP contribution >= 0.6 is 11.6 Å². The van der Waals surface area contributed by atoms with E-state index in [0.717, 1.165) is 29.7 Å². The van der Waals surface area contributed by atoms with E-state index in [1.165, 1.54) is 0 Å². The number of nitrogens with zero attached hydrogens (tertiary/aromatic N) is 1. The molecular weight excluding hydrogens is 450 g/mol. The van der Waals surface area contributed by atoms with Gasteiger partial charge in [-0.25, -0.2) is 4.98 Å². The molecule has 0 spiro atoms. The van der Waals surface area contributed by atoms with Gasteiger partial charge >= 0.3 is 0 Å². The van der Waals surface area contributed by atoms with E-state index in [-0.39, 0.29) is 11.7 Å². The maximum atomic E-state index is 13.5. The van der Waals surface area contributed by atoms with Crippen LogP contribution in [0.5, 0.6) is 0 Å². The molecule has 6 nitrogen and oxygen atoms in total. The van der Waals surface area contributed by atoms with Crippen molar-refractivity contribution in [3.8, 4) is 11.3 Å². The molecule has 2 N–H and O–H groups in total. The predicted octanol–water partition coefficient (Wildman–Crippen LogP) is 5.91. The quantitative estimate of drug-likeness (QED) is 0.492. The number of carbonyl (C=O) groups is 2. The zero-order valence-electron chi connectivity index (χ0n) is 18.9. The van der Waals surface area contributed by atoms with Crippen LogP contribution < -0.4 is 10.6 Å². The minimum atomic E-state index is -0.609. The van der Waals surface area contributed by atoms with Crippen LogP contribution in [-0.2, 0) is 9.59 Å². The summed E-state index contributed by atoms with van der Waals surface area (Å²) < 4.78 is 6.26. The average Bonchev–Trinajstić information content (AvgIpc) is 3.28. The highest BCUT2D eigenvalue weighted by molar-refractivity contribution is 6.30. The van der Waals surface area contributed by atoms with Crippen molar-refractivity contribution in [1.82, 2.24) is 10.3 Å². The topological polar surface area (TPSA) is 84.2 Å². The summed E-state index contributed by atoms with van der Waals surface area (Å²) in [5, 5.41) is 6.82. The lowest BCUT2D eigenvalue weighted by Gasteiger charge is -2.33. The van der Waals surface area contributed by atoms with Crippen LogP contribution in [0.15, 0.2) is 81.7 Å². The third-order valence-electron chi connectivity index (χ3n) is 6.20. The van der Waals surface area contributed by atoms with E-state index in [1.54, 1.807) is 18.3 Å². The van der Waals surface area contributed by atoms with Crippen LogP contribution in [0.3, 0.4) is 0 Å². The number of hydrogen-bond acceptors (Lipinski definition) is 5. The molecule has 0 bridgehead atoms. The fraction of sp³-hybridized carbons (Fsp3) is 0.222. The number of furan rings is 1. The van der Waals surface area contributed by atoms with Crippen LogP contribution in [0.1, 0.15) is 43.4 Å². The van der Waals surface area contributed by atoms with Crippen molar-refractivity contribution in [2.75, 3.05) is 5.32 Å². The van der Waals surface area contributed by atoms with Gasteiger partial charge in [-0.2, -0.15) is 0 Å². The van der Waals surface area contributed by atoms with Crippen molar-refractivity contribution >= 4 is 29.1 Å². The van der Waals surface area contributed by atoms with Crippen LogP contribution in [-0.4, -0.2) is 16.7 Å². The number of anilines is 1. The van der Waals surface area contributed by atoms with Crippen molar-refractivity contribution in [1.29, 1.82) is 0 Å². The lowest BCUT2D eigenvalue weighted by Crippen LogP contribution is -2.35. The Morgan fingerprint density at radius 3 is 2.79 bits per heavy atom. The molecule has 1 unspecified atom stereocenters. The van der Waals surface area contributed by atoms with Gasteiger partial charge in [-0.15, -0.1) is 0 Å². The summed E-state index contributed by atoms with van der Waals surface area (Å²) in [4.78, 5) is 30.9. The average molecular weight is 474 g/mol. The zero-order valence-corrected chi connectivity index (χ0v) is 19.7. The van der Waals surface area contributed by atoms with Gasteiger partial charge in [0.25, 0.3) is 5.91 Å². The van der Waals surface area contributed by atoms with Gasteiger partial charge in [-0.05, 0) is 68.7 Å². The van der Waals surface area contributed by atoms with Crippen LogP contribution in [0, 0.1) is 6.92 Å². The molecular formula is C27H24ClN3O3. The predicted molar refractivity (Wildman–Crippen MR) is 131 cm³/mol. The van der Waals surface area contributed by atoms with E-state index in [4.69, 9.17) is 16.0 Å². The van der Waals surface area contributed by atoms with E-state index in [0.29, 0.717) is 45.6 Å². The maximum absolute atomic E-state index is 13.5. The number of dihydropyridines is 1. The van der Waals surface area contributed by atoms with Crippen molar-refractivity contribution in [3.63, 3.8) is 0 Å². The van der Waals surface area contributed by atoms with E-state index < -0.39 is 5.92 Å². The molecule has 0 fully saturated rings. The summed E-state index contributed by atoms with van der Waals surface area (Å²) in [7, 11) is 0. The first-order valence-electron chi connectivity index (χ1n) is 11.2. The molecule has 172 valence electrons. The maximum Gasteiger partial charge on any atom is 0.255 e. The Kier molecular flexibility index (Phi) is 5.84. The number of amides is 1. The fourth-order valence-electron chi connectivity index (χ4n) is 4.66. The zero-order chi connectivity index (χ0) is 23.8. The lowest BCUT2D eigenvalue weighted by atomic mass is 9.77. The summed E-state index contributed by atoms with van der Waals surface area (Å²) in [5.41, 5.74) is 4.43. The Labute approximate surface area is 202 Å². The van der Waals surface area contributed by atoms with E-state index in [2.05, 4.69) is 15.6 Å². The Morgan fingerprint density at radius 2 is 2.00 bits per heavy atom. The number of aryl methyl sites for hydroxylation is 1. The smallest absolute Gasteiger partial charge is 0.255 e. The van der Waals surface area contributed by atoms with Gasteiger partial charge in [0, 0.05) is 40.2 Å². The van der Waals surface area contributed by atoms with Gasteiger partial charge in [0.1, 0.15) is 17.3 Å². The molecule has 0 saturated carbocycles. The standard InChI is InChI=1S/C27H24ClN3O3/c1-15-11-12-29-23(13-15)31-27(33)24-16(2)30-19-7-4-8-20(32)25(19)26(24)22-10-9-21(34-22)17-5-3-6-18(28)14-17/h3,5-6,9-14,26,30H,4,7-8H2,1-2H3,(H,29,31,33). The van der Waals surface area contributed by atoms with Gasteiger partial charge in [0.15, 0.2) is 5.78 Å². The van der Waals surface area contributed by atoms with Crippen LogP contribution in [0.2, 0.25) is 5.02 Å². The molecule has 1 aromatic carbocycles. The van der Waals surface area contributed by atoms with Crippen LogP contribution in [0.4, 0.5) is 5.82 Å². The highest BCUT2D eigenvalue weighted by atomic mass is 35.5. The van der Waals surface area contributed by atoms with Gasteiger partial charge in [-0.3, -0.25) is 9.59 Å². The number of carbonyl (C=O) groups excluding carboxylic acids is 2. The molecule has 0 saturated heterocycles. The van der Waals surface area contributed by atoms with Crippen molar-refractivity contribution in [2.45, 2.75) is 39.0 Å². The molecule has 3 heterocycles. The molecule has 7 heteroatoms. The Morgan fingerprint density at radius 1 is 1.15 bits per heavy atom. The largest absolute Gasteiger partial charge is 0.460 e. The molecule has 34 heavy (non-hydrogen) atoms. The number of halogens is 1. The molecule has 3 aromatic rings. The third-order valence-corrected chi connectivity index (χ3v) is 6.43. The molecule has 2 aliphatic rings. The Balaban J connectivity index is 1.58. The first-order valence-corrected chi connectivity index (χ1v) is 11.6. The van der Waals surface area contributed by atoms with Crippen LogP contribution in [0.25, 0.3) is 11.3 Å². The summed E-state index contributed by atoms with van der Waals surface area (Å²) in [6.45, 7) is 3.79. The normalized spacial score (nSPS) is 18.0. The summed E-state index contributed by atoms with van der Waals surface area (Å²) in [6.07, 6.45) is 3.64. The summed E-state index contributed by atoms with van der Waals surface area (Å²) in [6, 6.07) is 14.7. The van der Waals surface area contributed by atoms with Gasteiger partial charge < -0.3 is 15.1 Å². The number of nitrogens with one attached hydrogen (secondary N) is 2. The number of rotatable bonds is 4. The molecule has 1 aliphatic heterocycles. The fourth-order valence-corrected chi connectivity index (χ4v) is 4.85. The van der Waals surface area contributed by atoms with Crippen molar-refractivity contribution < 1.29 is 14.0 Å². The number of aromatic nitrogens is 1. The van der Waals surface area contributed by atoms with E-state index >= 15 is 0 Å². The van der Waals surface area contributed by atoms with E-state index in [9.17, 15) is 9.59 Å². The molecule has 1 aliphatic carbocycles. The molecule has 0 radical (unpaired) electrons. The second kappa shape index (κ2) is 8.95. The molecule has 1 atom stereocenters. The van der Waals surface area contributed by atoms with Gasteiger partial charge in [0.05, 0.1) is 11.5 Å². The first kappa shape index (κ1) is 22.2. The van der Waals surface area contributed by atoms with Gasteiger partial charge in [-0.1, -0.05) is 23.7 Å². The van der Waals surface area contributed by atoms with Gasteiger partial charge in [0.2, 0.25) is 0 Å². The lowest BCUT2D eigenvalue weighted by molar-refractivity contribution is -0.116. The number of Topliss-reactive ketones (excluding diaryl/α,β-unsaturated/α-hetero) is 1. The number of hydrogen-bond donors (Lipinski definition) is 2. The van der Waals surface area contributed by atoms with Crippen molar-refractivity contribution in [2.24, 2.45) is 0 Å². The van der Waals surface area contributed by atoms with E-state index in [1.807, 2.05) is 50.2 Å². The number of allylic oxidation sites excluding steroid dienone is 3. The highest BCUT2D eigenvalue weighted by Gasteiger charge is 2.40. The summed E-state index contributed by atoms with van der Waals surface area (Å²) in [5.74, 6) is 0.726. The first-order chi connectivity index (χ1) is 16.4. The second-order valence-electron chi connectivity index (χ2n) is 8.65. The highest BCUT2D eigenvalue weighted by Crippen LogP contribution is 2.43. The molecule has 2 aromatic heterocycles.